The first-order valence-electron chi connectivity index (χ1n) is 7.19. The summed E-state index contributed by atoms with van der Waals surface area (Å²) in [6, 6.07) is 5.98. The molecule has 1 saturated heterocycles. The molecular weight excluding hydrogens is 284 g/mol. The number of piperidine rings is 1. The van der Waals surface area contributed by atoms with Crippen LogP contribution in [0.2, 0.25) is 0 Å². The predicted octanol–water partition coefficient (Wildman–Crippen LogP) is 2.38. The van der Waals surface area contributed by atoms with Crippen LogP contribution in [-0.2, 0) is 4.79 Å². The zero-order valence-corrected chi connectivity index (χ0v) is 11.9. The summed E-state index contributed by atoms with van der Waals surface area (Å²) in [5.74, 6) is -1.22. The lowest BCUT2D eigenvalue weighted by molar-refractivity contribution is -0.139. The van der Waals surface area contributed by atoms with Gasteiger partial charge in [0, 0.05) is 18.1 Å². The second kappa shape index (κ2) is 5.63. The Bertz CT molecular complexity index is 744. The molecule has 0 saturated carbocycles. The van der Waals surface area contributed by atoms with Crippen LogP contribution in [0.15, 0.2) is 30.5 Å². The summed E-state index contributed by atoms with van der Waals surface area (Å²) >= 11 is 0. The Hall–Kier alpha value is -2.63. The van der Waals surface area contributed by atoms with Gasteiger partial charge >= 0.3 is 11.9 Å². The van der Waals surface area contributed by atoms with Crippen molar-refractivity contribution in [2.75, 3.05) is 11.4 Å². The second-order valence-electron chi connectivity index (χ2n) is 5.42. The van der Waals surface area contributed by atoms with Crippen LogP contribution in [0, 0.1) is 0 Å². The molecule has 1 aliphatic rings. The summed E-state index contributed by atoms with van der Waals surface area (Å²) < 4.78 is 0. The standard InChI is InChI=1S/C16H16N2O4/c19-15(20)11-4-5-12-10(9-11)6-7-17-14(12)18-8-2-1-3-13(18)16(21)22/h4-7,9,13H,1-3,8H2,(H,19,20)(H,21,22). The molecule has 0 spiro atoms. The molecular formula is C16H16N2O4. The van der Waals surface area contributed by atoms with Crippen LogP contribution < -0.4 is 4.90 Å². The zero-order chi connectivity index (χ0) is 15.7. The van der Waals surface area contributed by atoms with Gasteiger partial charge in [0.2, 0.25) is 0 Å². The number of carbonyl (C=O) groups is 2. The summed E-state index contributed by atoms with van der Waals surface area (Å²) in [7, 11) is 0. The fourth-order valence-electron chi connectivity index (χ4n) is 2.97. The van der Waals surface area contributed by atoms with Crippen LogP contribution in [0.5, 0.6) is 0 Å². The Morgan fingerprint density at radius 3 is 2.73 bits per heavy atom. The fourth-order valence-corrected chi connectivity index (χ4v) is 2.97. The number of hydrogen-bond acceptors (Lipinski definition) is 4. The van der Waals surface area contributed by atoms with Gasteiger partial charge in [-0.3, -0.25) is 0 Å². The number of rotatable bonds is 3. The van der Waals surface area contributed by atoms with Gasteiger partial charge in [-0.05, 0) is 48.9 Å². The summed E-state index contributed by atoms with van der Waals surface area (Å²) in [5.41, 5.74) is 0.207. The van der Waals surface area contributed by atoms with E-state index >= 15 is 0 Å². The largest absolute Gasteiger partial charge is 0.480 e. The van der Waals surface area contributed by atoms with E-state index in [0.29, 0.717) is 18.8 Å². The van der Waals surface area contributed by atoms with E-state index in [-0.39, 0.29) is 5.56 Å². The number of aromatic carboxylic acids is 1. The third-order valence-electron chi connectivity index (χ3n) is 4.05. The Morgan fingerprint density at radius 1 is 1.18 bits per heavy atom. The third kappa shape index (κ3) is 2.47. The lowest BCUT2D eigenvalue weighted by Gasteiger charge is -2.34. The van der Waals surface area contributed by atoms with Crippen LogP contribution in [0.4, 0.5) is 5.82 Å². The van der Waals surface area contributed by atoms with Crippen molar-refractivity contribution in [1.29, 1.82) is 0 Å². The first-order valence-corrected chi connectivity index (χ1v) is 7.19. The third-order valence-corrected chi connectivity index (χ3v) is 4.05. The Balaban J connectivity index is 2.10. The quantitative estimate of drug-likeness (QED) is 0.904. The number of pyridine rings is 1. The van der Waals surface area contributed by atoms with Gasteiger partial charge in [0.25, 0.3) is 0 Å². The molecule has 1 atom stereocenters. The minimum atomic E-state index is -0.985. The van der Waals surface area contributed by atoms with Crippen molar-refractivity contribution in [3.8, 4) is 0 Å². The molecule has 0 bridgehead atoms. The summed E-state index contributed by atoms with van der Waals surface area (Å²) in [5, 5.41) is 20.0. The van der Waals surface area contributed by atoms with E-state index in [1.165, 1.54) is 6.07 Å². The van der Waals surface area contributed by atoms with E-state index < -0.39 is 18.0 Å². The Labute approximate surface area is 127 Å². The highest BCUT2D eigenvalue weighted by molar-refractivity contribution is 5.99. The van der Waals surface area contributed by atoms with Crippen LogP contribution in [0.1, 0.15) is 29.6 Å². The molecule has 0 amide bonds. The van der Waals surface area contributed by atoms with Gasteiger partial charge in [0.1, 0.15) is 11.9 Å². The minimum Gasteiger partial charge on any atom is -0.480 e. The van der Waals surface area contributed by atoms with E-state index in [1.807, 2.05) is 4.90 Å². The van der Waals surface area contributed by atoms with Gasteiger partial charge in [-0.15, -0.1) is 0 Å². The lowest BCUT2D eigenvalue weighted by Crippen LogP contribution is -2.45. The number of carboxylic acid groups (broad SMARTS) is 2. The normalized spacial score (nSPS) is 18.4. The SMILES string of the molecule is O=C(O)c1ccc2c(N3CCCCC3C(=O)O)nccc2c1. The van der Waals surface area contributed by atoms with Gasteiger partial charge < -0.3 is 15.1 Å². The minimum absolute atomic E-state index is 0.207. The first-order chi connectivity index (χ1) is 10.6. The number of carboxylic acids is 2. The number of nitrogens with zero attached hydrogens (tertiary/aromatic N) is 2. The van der Waals surface area contributed by atoms with E-state index in [4.69, 9.17) is 5.11 Å². The molecule has 1 aliphatic heterocycles. The van der Waals surface area contributed by atoms with Crippen molar-refractivity contribution in [2.24, 2.45) is 0 Å². The number of benzene rings is 1. The molecule has 6 heteroatoms. The molecule has 2 aromatic rings. The maximum absolute atomic E-state index is 11.5. The molecule has 0 radical (unpaired) electrons. The van der Waals surface area contributed by atoms with Gasteiger partial charge in [0.05, 0.1) is 5.56 Å². The zero-order valence-electron chi connectivity index (χ0n) is 11.9. The molecule has 0 aliphatic carbocycles. The molecule has 2 heterocycles. The van der Waals surface area contributed by atoms with Crippen molar-refractivity contribution >= 4 is 28.5 Å². The predicted molar refractivity (Wildman–Crippen MR) is 81.3 cm³/mol. The summed E-state index contributed by atoms with van der Waals surface area (Å²) in [6.45, 7) is 0.643. The average Bonchev–Trinajstić information content (AvgIpc) is 2.53. The maximum atomic E-state index is 11.5. The van der Waals surface area contributed by atoms with Crippen molar-refractivity contribution < 1.29 is 19.8 Å². The maximum Gasteiger partial charge on any atom is 0.335 e. The van der Waals surface area contributed by atoms with E-state index in [9.17, 15) is 14.7 Å². The van der Waals surface area contributed by atoms with Crippen molar-refractivity contribution in [3.05, 3.63) is 36.0 Å². The van der Waals surface area contributed by atoms with Gasteiger partial charge in [-0.1, -0.05) is 0 Å². The van der Waals surface area contributed by atoms with Crippen molar-refractivity contribution in [1.82, 2.24) is 4.98 Å². The highest BCUT2D eigenvalue weighted by Crippen LogP contribution is 2.30. The highest BCUT2D eigenvalue weighted by Gasteiger charge is 2.30. The monoisotopic (exact) mass is 300 g/mol. The summed E-state index contributed by atoms with van der Waals surface area (Å²) in [4.78, 5) is 28.7. The first kappa shape index (κ1) is 14.3. The second-order valence-corrected chi connectivity index (χ2v) is 5.42. The Kier molecular flexibility index (Phi) is 3.66. The van der Waals surface area contributed by atoms with Crippen LogP contribution >= 0.6 is 0 Å². The molecule has 114 valence electrons. The molecule has 1 fully saturated rings. The van der Waals surface area contributed by atoms with Gasteiger partial charge in [-0.25, -0.2) is 14.6 Å². The number of anilines is 1. The average molecular weight is 300 g/mol. The van der Waals surface area contributed by atoms with Gasteiger partial charge in [0.15, 0.2) is 0 Å². The van der Waals surface area contributed by atoms with Crippen molar-refractivity contribution in [2.45, 2.75) is 25.3 Å². The Morgan fingerprint density at radius 2 is 2.00 bits per heavy atom. The lowest BCUT2D eigenvalue weighted by atomic mass is 10.0. The molecule has 1 unspecified atom stereocenters. The molecule has 2 N–H and O–H groups in total. The molecule has 6 nitrogen and oxygen atoms in total. The molecule has 1 aromatic carbocycles. The van der Waals surface area contributed by atoms with Crippen LogP contribution in [0.25, 0.3) is 10.8 Å². The smallest absolute Gasteiger partial charge is 0.335 e. The summed E-state index contributed by atoms with van der Waals surface area (Å²) in [6.07, 6.45) is 4.01. The van der Waals surface area contributed by atoms with E-state index in [0.717, 1.165) is 23.6 Å². The number of fused-ring (bicyclic) bond motifs is 1. The number of aromatic nitrogens is 1. The van der Waals surface area contributed by atoms with Crippen molar-refractivity contribution in [3.63, 3.8) is 0 Å². The van der Waals surface area contributed by atoms with Gasteiger partial charge in [-0.2, -0.15) is 0 Å². The molecule has 22 heavy (non-hydrogen) atoms. The van der Waals surface area contributed by atoms with E-state index in [2.05, 4.69) is 4.98 Å². The fraction of sp³-hybridized carbons (Fsp3) is 0.312. The molecule has 1 aromatic heterocycles. The number of aliphatic carboxylic acids is 1. The van der Waals surface area contributed by atoms with Crippen LogP contribution in [0.3, 0.4) is 0 Å². The molecule has 3 rings (SSSR count). The topological polar surface area (TPSA) is 90.7 Å². The van der Waals surface area contributed by atoms with E-state index in [1.54, 1.807) is 24.4 Å². The van der Waals surface area contributed by atoms with Crippen LogP contribution in [-0.4, -0.2) is 39.7 Å². The highest BCUT2D eigenvalue weighted by atomic mass is 16.4. The number of hydrogen-bond donors (Lipinski definition) is 2.